The number of ether oxygens (including phenoxy) is 2. The van der Waals surface area contributed by atoms with Gasteiger partial charge in [-0.25, -0.2) is 4.79 Å². The molecule has 2 aromatic carbocycles. The van der Waals surface area contributed by atoms with Crippen LogP contribution in [0.4, 0.5) is 0 Å². The van der Waals surface area contributed by atoms with Gasteiger partial charge in [0.05, 0.1) is 18.3 Å². The maximum Gasteiger partial charge on any atom is 0.338 e. The first kappa shape index (κ1) is 19.7. The first-order valence-corrected chi connectivity index (χ1v) is 8.73. The lowest BCUT2D eigenvalue weighted by Crippen LogP contribution is -2.34. The summed E-state index contributed by atoms with van der Waals surface area (Å²) in [5.41, 5.74) is 9.17. The molecule has 2 aromatic rings. The third kappa shape index (κ3) is 5.43. The molecule has 0 spiro atoms. The van der Waals surface area contributed by atoms with Gasteiger partial charge in [0.2, 0.25) is 0 Å². The minimum atomic E-state index is -0.697. The van der Waals surface area contributed by atoms with Crippen molar-refractivity contribution < 1.29 is 19.1 Å². The predicted molar refractivity (Wildman–Crippen MR) is 101 cm³/mol. The summed E-state index contributed by atoms with van der Waals surface area (Å²) >= 11 is 0. The molecule has 5 heteroatoms. The Kier molecular flexibility index (Phi) is 6.92. The van der Waals surface area contributed by atoms with Crippen LogP contribution in [-0.4, -0.2) is 30.7 Å². The third-order valence-corrected chi connectivity index (χ3v) is 3.75. The Morgan fingerprint density at radius 2 is 1.69 bits per heavy atom. The van der Waals surface area contributed by atoms with Crippen LogP contribution in [0.15, 0.2) is 48.5 Å². The molecule has 2 rings (SSSR count). The van der Waals surface area contributed by atoms with Gasteiger partial charge in [0.15, 0.2) is 0 Å². The van der Waals surface area contributed by atoms with Gasteiger partial charge in [-0.15, -0.1) is 0 Å². The van der Waals surface area contributed by atoms with E-state index in [2.05, 4.69) is 0 Å². The van der Waals surface area contributed by atoms with Crippen molar-refractivity contribution in [3.05, 3.63) is 59.7 Å². The highest BCUT2D eigenvalue weighted by atomic mass is 16.5. The van der Waals surface area contributed by atoms with Crippen LogP contribution in [-0.2, 0) is 20.7 Å². The van der Waals surface area contributed by atoms with E-state index in [0.29, 0.717) is 18.6 Å². The molecule has 1 unspecified atom stereocenters. The predicted octanol–water partition coefficient (Wildman–Crippen LogP) is 3.35. The van der Waals surface area contributed by atoms with Crippen molar-refractivity contribution in [2.75, 3.05) is 6.61 Å². The largest absolute Gasteiger partial charge is 0.465 e. The van der Waals surface area contributed by atoms with Crippen molar-refractivity contribution in [3.63, 3.8) is 0 Å². The molecular formula is C21H25NO4. The second-order valence-corrected chi connectivity index (χ2v) is 6.30. The monoisotopic (exact) mass is 355 g/mol. The summed E-state index contributed by atoms with van der Waals surface area (Å²) in [4.78, 5) is 23.8. The fraction of sp³-hybridized carbons (Fsp3) is 0.333. The number of carbonyl (C=O) groups is 2. The summed E-state index contributed by atoms with van der Waals surface area (Å²) in [5.74, 6) is -0.751. The fourth-order valence-electron chi connectivity index (χ4n) is 2.57. The van der Waals surface area contributed by atoms with Crippen molar-refractivity contribution >= 4 is 11.9 Å². The molecule has 0 saturated carbocycles. The summed E-state index contributed by atoms with van der Waals surface area (Å²) in [6, 6.07) is 14.3. The molecule has 0 aliphatic carbocycles. The highest BCUT2D eigenvalue weighted by molar-refractivity contribution is 5.91. The lowest BCUT2D eigenvalue weighted by atomic mass is 9.98. The average molecular weight is 355 g/mol. The molecule has 0 amide bonds. The molecule has 138 valence electrons. The molecule has 0 radical (unpaired) electrons. The molecule has 0 fully saturated rings. The standard InChI is InChI=1S/C21H25NO4/c1-4-25-21(24)19(22)12-15-7-5-8-16(11-15)17-9-6-10-18(13-17)20(23)26-14(2)3/h5-11,13-14,19H,4,12,22H2,1-3H3. The molecule has 1 atom stereocenters. The first-order valence-electron chi connectivity index (χ1n) is 8.73. The lowest BCUT2D eigenvalue weighted by molar-refractivity contribution is -0.144. The Hall–Kier alpha value is -2.66. The zero-order chi connectivity index (χ0) is 19.1. The lowest BCUT2D eigenvalue weighted by Gasteiger charge is -2.12. The van der Waals surface area contributed by atoms with Crippen LogP contribution in [0.25, 0.3) is 11.1 Å². The highest BCUT2D eigenvalue weighted by Gasteiger charge is 2.15. The highest BCUT2D eigenvalue weighted by Crippen LogP contribution is 2.23. The van der Waals surface area contributed by atoms with E-state index < -0.39 is 12.0 Å². The van der Waals surface area contributed by atoms with E-state index in [1.807, 2.05) is 50.2 Å². The van der Waals surface area contributed by atoms with E-state index >= 15 is 0 Å². The molecule has 0 bridgehead atoms. The molecule has 0 heterocycles. The van der Waals surface area contributed by atoms with Gasteiger partial charge in [0.1, 0.15) is 6.04 Å². The second-order valence-electron chi connectivity index (χ2n) is 6.30. The quantitative estimate of drug-likeness (QED) is 0.771. The van der Waals surface area contributed by atoms with E-state index in [9.17, 15) is 9.59 Å². The van der Waals surface area contributed by atoms with E-state index in [1.54, 1.807) is 19.1 Å². The van der Waals surface area contributed by atoms with Crippen LogP contribution in [0.5, 0.6) is 0 Å². The molecule has 26 heavy (non-hydrogen) atoms. The molecule has 0 aromatic heterocycles. The summed E-state index contributed by atoms with van der Waals surface area (Å²) in [6.45, 7) is 5.70. The zero-order valence-electron chi connectivity index (χ0n) is 15.4. The van der Waals surface area contributed by atoms with Crippen LogP contribution >= 0.6 is 0 Å². The Balaban J connectivity index is 2.19. The number of carbonyl (C=O) groups excluding carboxylic acids is 2. The van der Waals surface area contributed by atoms with Crippen molar-refractivity contribution in [3.8, 4) is 11.1 Å². The van der Waals surface area contributed by atoms with Gasteiger partial charge in [0, 0.05) is 0 Å². The first-order chi connectivity index (χ1) is 12.4. The van der Waals surface area contributed by atoms with Crippen LogP contribution in [0.3, 0.4) is 0 Å². The van der Waals surface area contributed by atoms with Crippen LogP contribution < -0.4 is 5.73 Å². The number of nitrogens with two attached hydrogens (primary N) is 1. The van der Waals surface area contributed by atoms with Gasteiger partial charge in [-0.1, -0.05) is 36.4 Å². The maximum absolute atomic E-state index is 12.1. The summed E-state index contributed by atoms with van der Waals surface area (Å²) < 4.78 is 10.2. The van der Waals surface area contributed by atoms with Gasteiger partial charge in [0.25, 0.3) is 0 Å². The SMILES string of the molecule is CCOC(=O)C(N)Cc1cccc(-c2cccc(C(=O)OC(C)C)c2)c1. The van der Waals surface area contributed by atoms with E-state index in [-0.39, 0.29) is 12.1 Å². The Bertz CT molecular complexity index is 770. The number of benzene rings is 2. The Labute approximate surface area is 154 Å². The molecular weight excluding hydrogens is 330 g/mol. The van der Waals surface area contributed by atoms with Crippen molar-refractivity contribution in [1.29, 1.82) is 0 Å². The molecule has 0 aliphatic heterocycles. The summed E-state index contributed by atoms with van der Waals surface area (Å²) in [7, 11) is 0. The van der Waals surface area contributed by atoms with Gasteiger partial charge < -0.3 is 15.2 Å². The fourth-order valence-corrected chi connectivity index (χ4v) is 2.57. The maximum atomic E-state index is 12.1. The van der Waals surface area contributed by atoms with Crippen molar-refractivity contribution in [1.82, 2.24) is 0 Å². The molecule has 5 nitrogen and oxygen atoms in total. The van der Waals surface area contributed by atoms with Crippen LogP contribution in [0.2, 0.25) is 0 Å². The van der Waals surface area contributed by atoms with Gasteiger partial charge in [-0.05, 0) is 56.0 Å². The molecule has 2 N–H and O–H groups in total. The topological polar surface area (TPSA) is 78.6 Å². The van der Waals surface area contributed by atoms with E-state index in [1.165, 1.54) is 0 Å². The van der Waals surface area contributed by atoms with Gasteiger partial charge in [-0.3, -0.25) is 4.79 Å². The molecule has 0 saturated heterocycles. The normalized spacial score (nSPS) is 11.9. The van der Waals surface area contributed by atoms with Crippen LogP contribution in [0, 0.1) is 0 Å². The van der Waals surface area contributed by atoms with Crippen LogP contribution in [0.1, 0.15) is 36.7 Å². The smallest absolute Gasteiger partial charge is 0.338 e. The van der Waals surface area contributed by atoms with Crippen molar-refractivity contribution in [2.45, 2.75) is 39.3 Å². The number of hydrogen-bond acceptors (Lipinski definition) is 5. The van der Waals surface area contributed by atoms with Crippen molar-refractivity contribution in [2.24, 2.45) is 5.73 Å². The minimum absolute atomic E-state index is 0.168. The van der Waals surface area contributed by atoms with Gasteiger partial charge in [-0.2, -0.15) is 0 Å². The Morgan fingerprint density at radius 1 is 1.04 bits per heavy atom. The third-order valence-electron chi connectivity index (χ3n) is 3.75. The zero-order valence-corrected chi connectivity index (χ0v) is 15.4. The summed E-state index contributed by atoms with van der Waals surface area (Å²) in [5, 5.41) is 0. The van der Waals surface area contributed by atoms with Gasteiger partial charge >= 0.3 is 11.9 Å². The number of rotatable bonds is 7. The Morgan fingerprint density at radius 3 is 2.35 bits per heavy atom. The van der Waals surface area contributed by atoms with E-state index in [0.717, 1.165) is 16.7 Å². The molecule has 0 aliphatic rings. The summed E-state index contributed by atoms with van der Waals surface area (Å²) in [6.07, 6.45) is 0.223. The van der Waals surface area contributed by atoms with E-state index in [4.69, 9.17) is 15.2 Å². The number of hydrogen-bond donors (Lipinski definition) is 1. The number of esters is 2. The minimum Gasteiger partial charge on any atom is -0.465 e. The second kappa shape index (κ2) is 9.15. The average Bonchev–Trinajstić information content (AvgIpc) is 2.61.